The highest BCUT2D eigenvalue weighted by molar-refractivity contribution is 7.05. The lowest BCUT2D eigenvalue weighted by Gasteiger charge is -2.08. The Kier molecular flexibility index (Phi) is 10.8. The van der Waals surface area contributed by atoms with Crippen LogP contribution in [0.5, 0.6) is 0 Å². The Morgan fingerprint density at radius 3 is 1.51 bits per heavy atom. The van der Waals surface area contributed by atoms with Crippen LogP contribution in [-0.4, -0.2) is 24.3 Å². The van der Waals surface area contributed by atoms with Crippen LogP contribution < -0.4 is 0 Å². The van der Waals surface area contributed by atoms with E-state index in [0.29, 0.717) is 0 Å². The molecule has 0 aliphatic rings. The SMILES string of the molecule is Cc1nc2c(C)c(C)c(C)c(C)c2o1.Cc1nn(C)c(C)c1C.Cc1noc(C)c1C.Cc1nsc(C)c1C. The van der Waals surface area contributed by atoms with E-state index in [9.17, 15) is 0 Å². The fourth-order valence-electron chi connectivity index (χ4n) is 3.78. The molecule has 5 aromatic rings. The number of fused-ring (bicyclic) bond motifs is 1. The predicted octanol–water partition coefficient (Wildman–Crippen LogP) is 8.38. The van der Waals surface area contributed by atoms with E-state index in [-0.39, 0.29) is 0 Å². The Hall–Kier alpha value is -3.26. The number of rotatable bonds is 0. The van der Waals surface area contributed by atoms with Gasteiger partial charge in [0.2, 0.25) is 0 Å². The van der Waals surface area contributed by atoms with E-state index >= 15 is 0 Å². The highest BCUT2D eigenvalue weighted by atomic mass is 32.1. The Balaban J connectivity index is 0.000000189. The molecule has 0 aliphatic carbocycles. The summed E-state index contributed by atoms with van der Waals surface area (Å²) in [4.78, 5) is 5.74. The Bertz CT molecular complexity index is 1420. The van der Waals surface area contributed by atoms with E-state index in [4.69, 9.17) is 8.94 Å². The molecule has 4 aromatic heterocycles. The van der Waals surface area contributed by atoms with E-state index < -0.39 is 0 Å². The minimum absolute atomic E-state index is 0.746. The normalized spacial score (nSPS) is 10.4. The molecule has 0 spiro atoms. The summed E-state index contributed by atoms with van der Waals surface area (Å²) in [5.74, 6) is 1.67. The second-order valence-corrected chi connectivity index (χ2v) is 11.2. The van der Waals surface area contributed by atoms with Crippen molar-refractivity contribution in [1.82, 2.24) is 24.3 Å². The standard InChI is InChI=1S/C12H15NO.C7H12N2.C6H9NO.C6H9NS/c1-6-7(2)9(4)12-11(8(6)3)13-10(5)14-12;1-5-6(2)8-9(4)7(5)3;2*1-4-5(2)7-8-6(4)3/h1-5H3;1-4H3;2*1-3H3. The van der Waals surface area contributed by atoms with Crippen molar-refractivity contribution in [3.63, 3.8) is 0 Å². The molecule has 212 valence electrons. The molecular weight excluding hydrogens is 506 g/mol. The van der Waals surface area contributed by atoms with Gasteiger partial charge in [0.25, 0.3) is 0 Å². The minimum Gasteiger partial charge on any atom is -0.441 e. The van der Waals surface area contributed by atoms with Gasteiger partial charge in [-0.25, -0.2) is 4.98 Å². The molecule has 0 saturated heterocycles. The molecule has 0 atom stereocenters. The smallest absolute Gasteiger partial charge is 0.192 e. The summed E-state index contributed by atoms with van der Waals surface area (Å²) >= 11 is 1.58. The summed E-state index contributed by atoms with van der Waals surface area (Å²) in [5.41, 5.74) is 15.4. The molecule has 7 nitrogen and oxygen atoms in total. The maximum atomic E-state index is 5.60. The van der Waals surface area contributed by atoms with Gasteiger partial charge in [-0.2, -0.15) is 9.47 Å². The Morgan fingerprint density at radius 1 is 0.615 bits per heavy atom. The second-order valence-electron chi connectivity index (χ2n) is 10.2. The van der Waals surface area contributed by atoms with Crippen LogP contribution in [0.25, 0.3) is 11.1 Å². The molecule has 39 heavy (non-hydrogen) atoms. The summed E-state index contributed by atoms with van der Waals surface area (Å²) in [5, 5.41) is 7.97. The van der Waals surface area contributed by atoms with E-state index in [0.717, 1.165) is 39.7 Å². The first-order chi connectivity index (χ1) is 18.1. The molecular formula is C31H45N5O2S. The number of hydrogen-bond donors (Lipinski definition) is 0. The van der Waals surface area contributed by atoms with Gasteiger partial charge in [-0.3, -0.25) is 4.68 Å². The van der Waals surface area contributed by atoms with Crippen LogP contribution in [0.3, 0.4) is 0 Å². The van der Waals surface area contributed by atoms with Crippen molar-refractivity contribution in [3.05, 3.63) is 78.2 Å². The van der Waals surface area contributed by atoms with Crippen molar-refractivity contribution in [2.24, 2.45) is 7.05 Å². The lowest BCUT2D eigenvalue weighted by atomic mass is 9.98. The van der Waals surface area contributed by atoms with E-state index in [1.54, 1.807) is 11.5 Å². The number of aromatic nitrogens is 5. The summed E-state index contributed by atoms with van der Waals surface area (Å²) in [6, 6.07) is 0. The van der Waals surface area contributed by atoms with Gasteiger partial charge in [0.1, 0.15) is 11.3 Å². The zero-order valence-corrected chi connectivity index (χ0v) is 27.3. The fourth-order valence-corrected chi connectivity index (χ4v) is 4.48. The van der Waals surface area contributed by atoms with Crippen molar-refractivity contribution in [2.75, 3.05) is 0 Å². The first kappa shape index (κ1) is 32.0. The molecule has 0 unspecified atom stereocenters. The first-order valence-corrected chi connectivity index (χ1v) is 13.9. The Labute approximate surface area is 237 Å². The summed E-state index contributed by atoms with van der Waals surface area (Å²) < 4.78 is 16.5. The third kappa shape index (κ3) is 7.44. The largest absolute Gasteiger partial charge is 0.441 e. The number of oxazole rings is 1. The third-order valence-corrected chi connectivity index (χ3v) is 8.71. The monoisotopic (exact) mass is 551 g/mol. The van der Waals surface area contributed by atoms with Crippen molar-refractivity contribution in [1.29, 1.82) is 0 Å². The maximum absolute atomic E-state index is 5.60. The zero-order valence-electron chi connectivity index (χ0n) is 26.5. The average molecular weight is 552 g/mol. The molecule has 1 aromatic carbocycles. The zero-order chi connectivity index (χ0) is 29.8. The van der Waals surface area contributed by atoms with Gasteiger partial charge in [-0.05, 0) is 135 Å². The van der Waals surface area contributed by atoms with Gasteiger partial charge >= 0.3 is 0 Å². The van der Waals surface area contributed by atoms with Gasteiger partial charge in [0, 0.05) is 30.1 Å². The molecule has 8 heteroatoms. The van der Waals surface area contributed by atoms with Crippen LogP contribution in [0.4, 0.5) is 0 Å². The molecule has 0 amide bonds. The average Bonchev–Trinajstić information content (AvgIpc) is 3.59. The topological polar surface area (TPSA) is 82.8 Å². The van der Waals surface area contributed by atoms with E-state index in [1.807, 2.05) is 53.3 Å². The predicted molar refractivity (Wildman–Crippen MR) is 162 cm³/mol. The van der Waals surface area contributed by atoms with Gasteiger partial charge in [-0.1, -0.05) is 5.16 Å². The molecule has 0 aliphatic heterocycles. The van der Waals surface area contributed by atoms with Crippen LogP contribution >= 0.6 is 11.5 Å². The lowest BCUT2D eigenvalue weighted by molar-refractivity contribution is 0.392. The van der Waals surface area contributed by atoms with Crippen LogP contribution in [0.2, 0.25) is 0 Å². The molecule has 4 heterocycles. The van der Waals surface area contributed by atoms with Gasteiger partial charge in [0.15, 0.2) is 11.5 Å². The summed E-state index contributed by atoms with van der Waals surface area (Å²) in [6.45, 7) is 28.7. The van der Waals surface area contributed by atoms with E-state index in [2.05, 4.69) is 75.0 Å². The minimum atomic E-state index is 0.746. The first-order valence-electron chi connectivity index (χ1n) is 13.2. The quantitative estimate of drug-likeness (QED) is 0.192. The van der Waals surface area contributed by atoms with Crippen molar-refractivity contribution >= 4 is 22.6 Å². The van der Waals surface area contributed by atoms with Gasteiger partial charge in [-0.15, -0.1) is 0 Å². The lowest BCUT2D eigenvalue weighted by Crippen LogP contribution is -1.92. The van der Waals surface area contributed by atoms with Gasteiger partial charge in [0.05, 0.1) is 17.1 Å². The number of hydrogen-bond acceptors (Lipinski definition) is 7. The molecule has 0 fully saturated rings. The van der Waals surface area contributed by atoms with Crippen LogP contribution in [0.15, 0.2) is 8.94 Å². The molecule has 0 bridgehead atoms. The van der Waals surface area contributed by atoms with Crippen LogP contribution in [0.1, 0.15) is 78.2 Å². The molecule has 0 N–H and O–H groups in total. The summed E-state index contributed by atoms with van der Waals surface area (Å²) in [6.07, 6.45) is 0. The van der Waals surface area contributed by atoms with Crippen molar-refractivity contribution in [3.8, 4) is 0 Å². The molecule has 5 rings (SSSR count). The van der Waals surface area contributed by atoms with Crippen LogP contribution in [-0.2, 0) is 7.05 Å². The highest BCUT2D eigenvalue weighted by Gasteiger charge is 2.13. The fraction of sp³-hybridized carbons (Fsp3) is 0.484. The molecule has 0 saturated carbocycles. The summed E-state index contributed by atoms with van der Waals surface area (Å²) in [7, 11) is 1.97. The maximum Gasteiger partial charge on any atom is 0.192 e. The van der Waals surface area contributed by atoms with Crippen molar-refractivity contribution in [2.45, 2.75) is 96.9 Å². The van der Waals surface area contributed by atoms with Crippen LogP contribution in [0, 0.1) is 96.9 Å². The Morgan fingerprint density at radius 2 is 1.21 bits per heavy atom. The van der Waals surface area contributed by atoms with Gasteiger partial charge < -0.3 is 8.94 Å². The third-order valence-electron chi connectivity index (χ3n) is 7.77. The second kappa shape index (κ2) is 13.2. The highest BCUT2D eigenvalue weighted by Crippen LogP contribution is 2.29. The molecule has 0 radical (unpaired) electrons. The number of nitrogens with zero attached hydrogens (tertiary/aromatic N) is 5. The van der Waals surface area contributed by atoms with E-state index in [1.165, 1.54) is 49.6 Å². The number of aryl methyl sites for hydroxylation is 9. The van der Waals surface area contributed by atoms with Crippen molar-refractivity contribution < 1.29 is 8.94 Å². The number of benzene rings is 1.